The van der Waals surface area contributed by atoms with Gasteiger partial charge >= 0.3 is 0 Å². The molecule has 0 spiro atoms. The SMILES string of the molecule is CC(C)(C)C1N=C(c2ccccc2)c2cc(Cl)ccc2NC1=O. The molecule has 1 N–H and O–H groups in total. The molecule has 1 aliphatic rings. The summed E-state index contributed by atoms with van der Waals surface area (Å²) < 4.78 is 0. The van der Waals surface area contributed by atoms with Crippen LogP contribution in [-0.2, 0) is 4.79 Å². The van der Waals surface area contributed by atoms with E-state index in [0.29, 0.717) is 5.02 Å². The van der Waals surface area contributed by atoms with E-state index in [4.69, 9.17) is 16.6 Å². The van der Waals surface area contributed by atoms with E-state index in [0.717, 1.165) is 22.5 Å². The van der Waals surface area contributed by atoms with Gasteiger partial charge < -0.3 is 5.32 Å². The van der Waals surface area contributed by atoms with Crippen LogP contribution in [0.3, 0.4) is 0 Å². The topological polar surface area (TPSA) is 41.5 Å². The third-order valence-corrected chi connectivity index (χ3v) is 4.10. The summed E-state index contributed by atoms with van der Waals surface area (Å²) in [6, 6.07) is 14.9. The first kappa shape index (κ1) is 15.8. The number of anilines is 1. The van der Waals surface area contributed by atoms with E-state index in [1.807, 2.05) is 63.2 Å². The predicted molar refractivity (Wildman–Crippen MR) is 95.4 cm³/mol. The van der Waals surface area contributed by atoms with Crippen molar-refractivity contribution in [2.24, 2.45) is 10.4 Å². The molecule has 3 nitrogen and oxygen atoms in total. The highest BCUT2D eigenvalue weighted by Gasteiger charge is 2.34. The van der Waals surface area contributed by atoms with Crippen molar-refractivity contribution in [2.45, 2.75) is 26.8 Å². The molecule has 0 saturated heterocycles. The van der Waals surface area contributed by atoms with E-state index < -0.39 is 6.04 Å². The highest BCUT2D eigenvalue weighted by atomic mass is 35.5. The van der Waals surface area contributed by atoms with Crippen molar-refractivity contribution in [1.29, 1.82) is 0 Å². The molecule has 118 valence electrons. The molecule has 1 atom stereocenters. The Morgan fingerprint density at radius 3 is 2.43 bits per heavy atom. The van der Waals surface area contributed by atoms with E-state index in [9.17, 15) is 4.79 Å². The summed E-state index contributed by atoms with van der Waals surface area (Å²) in [6.07, 6.45) is 0. The maximum Gasteiger partial charge on any atom is 0.249 e. The van der Waals surface area contributed by atoms with Gasteiger partial charge in [0.25, 0.3) is 0 Å². The van der Waals surface area contributed by atoms with Gasteiger partial charge in [-0.2, -0.15) is 0 Å². The number of hydrogen-bond acceptors (Lipinski definition) is 2. The van der Waals surface area contributed by atoms with Gasteiger partial charge in [-0.25, -0.2) is 0 Å². The fraction of sp³-hybridized carbons (Fsp3) is 0.263. The molecule has 1 amide bonds. The summed E-state index contributed by atoms with van der Waals surface area (Å²) in [5, 5.41) is 3.61. The molecule has 0 fully saturated rings. The van der Waals surface area contributed by atoms with Crippen LogP contribution in [0.25, 0.3) is 0 Å². The first-order valence-electron chi connectivity index (χ1n) is 7.60. The first-order valence-corrected chi connectivity index (χ1v) is 7.98. The normalized spacial score (nSPS) is 17.8. The molecule has 0 aliphatic carbocycles. The quantitative estimate of drug-likeness (QED) is 0.821. The molecule has 0 bridgehead atoms. The summed E-state index contributed by atoms with van der Waals surface area (Å²) in [5.41, 5.74) is 3.08. The third-order valence-electron chi connectivity index (χ3n) is 3.87. The van der Waals surface area contributed by atoms with Gasteiger partial charge in [-0.1, -0.05) is 62.7 Å². The van der Waals surface area contributed by atoms with Gasteiger partial charge in [0.1, 0.15) is 6.04 Å². The minimum absolute atomic E-state index is 0.0907. The van der Waals surface area contributed by atoms with Gasteiger partial charge in [0.05, 0.1) is 11.4 Å². The van der Waals surface area contributed by atoms with Gasteiger partial charge in [0, 0.05) is 16.1 Å². The van der Waals surface area contributed by atoms with Crippen molar-refractivity contribution < 1.29 is 4.79 Å². The predicted octanol–water partition coefficient (Wildman–Crippen LogP) is 4.54. The van der Waals surface area contributed by atoms with Crippen LogP contribution in [0.15, 0.2) is 53.5 Å². The Morgan fingerprint density at radius 1 is 1.09 bits per heavy atom. The average Bonchev–Trinajstić information content (AvgIpc) is 2.64. The maximum atomic E-state index is 12.6. The van der Waals surface area contributed by atoms with Gasteiger partial charge in [-0.05, 0) is 23.6 Å². The van der Waals surface area contributed by atoms with E-state index in [1.54, 1.807) is 6.07 Å². The lowest BCUT2D eigenvalue weighted by molar-refractivity contribution is -0.119. The summed E-state index contributed by atoms with van der Waals surface area (Å²) in [6.45, 7) is 6.06. The smallest absolute Gasteiger partial charge is 0.249 e. The number of nitrogens with one attached hydrogen (secondary N) is 1. The molecule has 0 radical (unpaired) electrons. The number of carbonyl (C=O) groups excluding carboxylic acids is 1. The lowest BCUT2D eigenvalue weighted by atomic mass is 9.86. The van der Waals surface area contributed by atoms with Crippen molar-refractivity contribution >= 4 is 28.9 Å². The van der Waals surface area contributed by atoms with Gasteiger partial charge in [0.15, 0.2) is 0 Å². The Labute approximate surface area is 141 Å². The number of amides is 1. The van der Waals surface area contributed by atoms with Crippen molar-refractivity contribution in [2.75, 3.05) is 5.32 Å². The molecule has 3 rings (SSSR count). The van der Waals surface area contributed by atoms with Crippen LogP contribution >= 0.6 is 11.6 Å². The van der Waals surface area contributed by atoms with E-state index >= 15 is 0 Å². The van der Waals surface area contributed by atoms with Crippen LogP contribution in [0.2, 0.25) is 5.02 Å². The summed E-state index contributed by atoms with van der Waals surface area (Å²) in [5.74, 6) is -0.0907. The minimum Gasteiger partial charge on any atom is -0.324 e. The number of hydrogen-bond donors (Lipinski definition) is 1. The monoisotopic (exact) mass is 326 g/mol. The average molecular weight is 327 g/mol. The molecule has 1 aliphatic heterocycles. The number of carbonyl (C=O) groups is 1. The molecule has 0 saturated carbocycles. The molecule has 0 aromatic heterocycles. The standard InChI is InChI=1S/C19H19ClN2O/c1-19(2,3)17-18(23)21-15-10-9-13(20)11-14(15)16(22-17)12-7-5-4-6-8-12/h4-11,17H,1-3H3,(H,21,23). The molecular formula is C19H19ClN2O. The minimum atomic E-state index is -0.469. The Hall–Kier alpha value is -2.13. The van der Waals surface area contributed by atoms with Gasteiger partial charge in [-0.3, -0.25) is 9.79 Å². The first-order chi connectivity index (χ1) is 10.9. The second-order valence-electron chi connectivity index (χ2n) is 6.79. The molecule has 23 heavy (non-hydrogen) atoms. The van der Waals surface area contributed by atoms with Crippen LogP contribution in [0.1, 0.15) is 31.9 Å². The molecular weight excluding hydrogens is 308 g/mol. The molecule has 1 heterocycles. The van der Waals surface area contributed by atoms with Crippen molar-refractivity contribution in [1.82, 2.24) is 0 Å². The maximum absolute atomic E-state index is 12.6. The van der Waals surface area contributed by atoms with E-state index in [1.165, 1.54) is 0 Å². The number of nitrogens with zero attached hydrogens (tertiary/aromatic N) is 1. The van der Waals surface area contributed by atoms with Crippen molar-refractivity contribution in [3.63, 3.8) is 0 Å². The van der Waals surface area contributed by atoms with E-state index in [-0.39, 0.29) is 11.3 Å². The zero-order valence-electron chi connectivity index (χ0n) is 13.4. The summed E-state index contributed by atoms with van der Waals surface area (Å²) in [7, 11) is 0. The molecule has 1 unspecified atom stereocenters. The van der Waals surface area contributed by atoms with Crippen LogP contribution in [0, 0.1) is 5.41 Å². The van der Waals surface area contributed by atoms with Gasteiger partial charge in [-0.15, -0.1) is 0 Å². The summed E-state index contributed by atoms with van der Waals surface area (Å²) >= 11 is 6.18. The largest absolute Gasteiger partial charge is 0.324 e. The van der Waals surface area contributed by atoms with Crippen LogP contribution in [-0.4, -0.2) is 17.7 Å². The summed E-state index contributed by atoms with van der Waals surface area (Å²) in [4.78, 5) is 17.5. The highest BCUT2D eigenvalue weighted by molar-refractivity contribution is 6.32. The number of rotatable bonds is 1. The second kappa shape index (κ2) is 5.82. The number of benzodiazepines with no additional fused rings is 1. The Balaban J connectivity index is 2.25. The highest BCUT2D eigenvalue weighted by Crippen LogP contribution is 2.32. The third kappa shape index (κ3) is 3.15. The fourth-order valence-electron chi connectivity index (χ4n) is 2.69. The number of aliphatic imine (C=N–C) groups is 1. The lowest BCUT2D eigenvalue weighted by Crippen LogP contribution is -2.36. The van der Waals surface area contributed by atoms with Crippen LogP contribution < -0.4 is 5.32 Å². The van der Waals surface area contributed by atoms with Gasteiger partial charge in [0.2, 0.25) is 5.91 Å². The Morgan fingerprint density at radius 2 is 1.78 bits per heavy atom. The molecule has 4 heteroatoms. The Kier molecular flexibility index (Phi) is 3.99. The molecule has 2 aromatic rings. The second-order valence-corrected chi connectivity index (χ2v) is 7.23. The van der Waals surface area contributed by atoms with Crippen LogP contribution in [0.5, 0.6) is 0 Å². The van der Waals surface area contributed by atoms with Crippen LogP contribution in [0.4, 0.5) is 5.69 Å². The Bertz CT molecular complexity index is 776. The zero-order valence-corrected chi connectivity index (χ0v) is 14.2. The number of halogens is 1. The van der Waals surface area contributed by atoms with E-state index in [2.05, 4.69) is 5.32 Å². The fourth-order valence-corrected chi connectivity index (χ4v) is 2.86. The zero-order chi connectivity index (χ0) is 16.6. The lowest BCUT2D eigenvalue weighted by Gasteiger charge is -2.25. The number of fused-ring (bicyclic) bond motifs is 1. The number of benzene rings is 2. The molecule has 2 aromatic carbocycles. The van der Waals surface area contributed by atoms with Crippen molar-refractivity contribution in [3.05, 3.63) is 64.7 Å². The van der Waals surface area contributed by atoms with Crippen molar-refractivity contribution in [3.8, 4) is 0 Å².